The van der Waals surface area contributed by atoms with Crippen LogP contribution in [0.2, 0.25) is 0 Å². The highest BCUT2D eigenvalue weighted by Crippen LogP contribution is 2.24. The molecule has 1 amide bonds. The van der Waals surface area contributed by atoms with E-state index in [2.05, 4.69) is 5.32 Å². The molecule has 1 aromatic carbocycles. The molecule has 0 spiro atoms. The van der Waals surface area contributed by atoms with E-state index in [0.29, 0.717) is 37.3 Å². The molecule has 2 atom stereocenters. The van der Waals surface area contributed by atoms with Crippen LogP contribution in [-0.2, 0) is 10.0 Å². The monoisotopic (exact) mass is 377 g/mol. The Bertz CT molecular complexity index is 774. The Morgan fingerprint density at radius 1 is 1.00 bits per heavy atom. The van der Waals surface area contributed by atoms with Crippen LogP contribution in [0.1, 0.15) is 48.9 Å². The first-order valence-electron chi connectivity index (χ1n) is 9.69. The topological polar surface area (TPSA) is 69.7 Å². The average Bonchev–Trinajstić information content (AvgIpc) is 3.01. The zero-order valence-corrected chi connectivity index (χ0v) is 15.9. The molecule has 3 aliphatic heterocycles. The van der Waals surface area contributed by atoms with Crippen molar-refractivity contribution < 1.29 is 13.2 Å². The molecular weight excluding hydrogens is 350 g/mol. The van der Waals surface area contributed by atoms with Gasteiger partial charge in [0.25, 0.3) is 5.91 Å². The molecule has 0 saturated carbocycles. The first-order valence-corrected chi connectivity index (χ1v) is 11.1. The minimum Gasteiger partial charge on any atom is -0.337 e. The van der Waals surface area contributed by atoms with E-state index >= 15 is 0 Å². The van der Waals surface area contributed by atoms with Gasteiger partial charge in [0.15, 0.2) is 0 Å². The predicted molar refractivity (Wildman–Crippen MR) is 99.5 cm³/mol. The normalized spacial score (nSPS) is 27.3. The number of fused-ring (bicyclic) bond motifs is 2. The predicted octanol–water partition coefficient (Wildman–Crippen LogP) is 1.83. The van der Waals surface area contributed by atoms with Crippen molar-refractivity contribution in [3.05, 3.63) is 29.8 Å². The van der Waals surface area contributed by atoms with Gasteiger partial charge in [-0.05, 0) is 50.3 Å². The summed E-state index contributed by atoms with van der Waals surface area (Å²) >= 11 is 0. The van der Waals surface area contributed by atoms with Crippen LogP contribution in [0.3, 0.4) is 0 Å². The zero-order valence-electron chi connectivity index (χ0n) is 15.1. The molecule has 3 fully saturated rings. The molecule has 2 bridgehead atoms. The summed E-state index contributed by atoms with van der Waals surface area (Å²) in [6, 6.07) is 7.46. The Hall–Kier alpha value is -1.44. The average molecular weight is 378 g/mol. The van der Waals surface area contributed by atoms with E-state index in [0.717, 1.165) is 38.6 Å². The largest absolute Gasteiger partial charge is 0.337 e. The number of likely N-dealkylation sites (tertiary alicyclic amines) is 1. The quantitative estimate of drug-likeness (QED) is 0.872. The Morgan fingerprint density at radius 3 is 2.58 bits per heavy atom. The third-order valence-corrected chi connectivity index (χ3v) is 7.74. The second-order valence-corrected chi connectivity index (χ2v) is 9.61. The van der Waals surface area contributed by atoms with Gasteiger partial charge in [0, 0.05) is 43.8 Å². The maximum atomic E-state index is 13.0. The number of nitrogens with one attached hydrogen (secondary N) is 1. The van der Waals surface area contributed by atoms with E-state index < -0.39 is 10.0 Å². The first kappa shape index (κ1) is 17.9. The van der Waals surface area contributed by atoms with Crippen molar-refractivity contribution in [3.63, 3.8) is 0 Å². The number of carbonyl (C=O) groups excluding carboxylic acids is 1. The van der Waals surface area contributed by atoms with Gasteiger partial charge in [-0.1, -0.05) is 12.5 Å². The lowest BCUT2D eigenvalue weighted by molar-refractivity contribution is 0.0748. The van der Waals surface area contributed by atoms with Gasteiger partial charge in [0.05, 0.1) is 4.90 Å². The van der Waals surface area contributed by atoms with E-state index in [1.807, 2.05) is 4.90 Å². The van der Waals surface area contributed by atoms with E-state index in [1.54, 1.807) is 28.6 Å². The second kappa shape index (κ2) is 7.29. The van der Waals surface area contributed by atoms with E-state index in [1.165, 1.54) is 6.42 Å². The highest BCUT2D eigenvalue weighted by Gasteiger charge is 2.32. The number of rotatable bonds is 3. The minimum absolute atomic E-state index is 0.0601. The minimum atomic E-state index is -3.51. The third-order valence-electron chi connectivity index (χ3n) is 5.84. The lowest BCUT2D eigenvalue weighted by Gasteiger charge is -2.27. The SMILES string of the molecule is O=C(c1cccc(S(=O)(=O)N2CCCCC2)c1)N1CCC2CCC(C1)N2. The van der Waals surface area contributed by atoms with Crippen LogP contribution in [0.15, 0.2) is 29.2 Å². The third kappa shape index (κ3) is 3.52. The highest BCUT2D eigenvalue weighted by atomic mass is 32.2. The number of benzene rings is 1. The first-order chi connectivity index (χ1) is 12.5. The van der Waals surface area contributed by atoms with Crippen molar-refractivity contribution in [2.75, 3.05) is 26.2 Å². The number of hydrogen-bond donors (Lipinski definition) is 1. The van der Waals surface area contributed by atoms with E-state index in [4.69, 9.17) is 0 Å². The number of amides is 1. The molecule has 2 unspecified atom stereocenters. The number of carbonyl (C=O) groups is 1. The van der Waals surface area contributed by atoms with Gasteiger partial charge in [-0.3, -0.25) is 4.79 Å². The van der Waals surface area contributed by atoms with Crippen molar-refractivity contribution in [3.8, 4) is 0 Å². The van der Waals surface area contributed by atoms with Crippen LogP contribution in [0.4, 0.5) is 0 Å². The van der Waals surface area contributed by atoms with Gasteiger partial charge in [-0.25, -0.2) is 8.42 Å². The number of sulfonamides is 1. The molecule has 4 rings (SSSR count). The molecular formula is C19H27N3O3S. The Balaban J connectivity index is 1.54. The van der Waals surface area contributed by atoms with Crippen molar-refractivity contribution in [1.29, 1.82) is 0 Å². The molecule has 1 aromatic rings. The lowest BCUT2D eigenvalue weighted by atomic mass is 10.1. The number of nitrogens with zero attached hydrogens (tertiary/aromatic N) is 2. The summed E-state index contributed by atoms with van der Waals surface area (Å²) in [4.78, 5) is 15.1. The molecule has 0 radical (unpaired) electrons. The van der Waals surface area contributed by atoms with E-state index in [-0.39, 0.29) is 10.8 Å². The maximum absolute atomic E-state index is 13.0. The van der Waals surface area contributed by atoms with Crippen LogP contribution in [-0.4, -0.2) is 61.8 Å². The summed E-state index contributed by atoms with van der Waals surface area (Å²) < 4.78 is 27.3. The highest BCUT2D eigenvalue weighted by molar-refractivity contribution is 7.89. The van der Waals surface area contributed by atoms with Crippen LogP contribution in [0.5, 0.6) is 0 Å². The van der Waals surface area contributed by atoms with Crippen molar-refractivity contribution in [2.45, 2.75) is 55.5 Å². The molecule has 1 N–H and O–H groups in total. The van der Waals surface area contributed by atoms with Crippen LogP contribution >= 0.6 is 0 Å². The van der Waals surface area contributed by atoms with Gasteiger partial charge in [0.2, 0.25) is 10.0 Å². The molecule has 6 nitrogen and oxygen atoms in total. The summed E-state index contributed by atoms with van der Waals surface area (Å²) in [5.74, 6) is -0.0601. The van der Waals surface area contributed by atoms with Crippen LogP contribution in [0.25, 0.3) is 0 Å². The molecule has 3 saturated heterocycles. The van der Waals surface area contributed by atoms with Crippen LogP contribution in [0, 0.1) is 0 Å². The van der Waals surface area contributed by atoms with Crippen molar-refractivity contribution >= 4 is 15.9 Å². The molecule has 7 heteroatoms. The summed E-state index contributed by atoms with van der Waals surface area (Å²) in [6.07, 6.45) is 6.15. The fraction of sp³-hybridized carbons (Fsp3) is 0.632. The van der Waals surface area contributed by atoms with Gasteiger partial charge in [0.1, 0.15) is 0 Å². The summed E-state index contributed by atoms with van der Waals surface area (Å²) in [5, 5.41) is 3.57. The van der Waals surface area contributed by atoms with Crippen molar-refractivity contribution in [1.82, 2.24) is 14.5 Å². The molecule has 142 valence electrons. The lowest BCUT2D eigenvalue weighted by Crippen LogP contribution is -2.39. The zero-order chi connectivity index (χ0) is 18.1. The molecule has 0 aliphatic carbocycles. The Morgan fingerprint density at radius 2 is 1.77 bits per heavy atom. The second-order valence-electron chi connectivity index (χ2n) is 7.67. The van der Waals surface area contributed by atoms with E-state index in [9.17, 15) is 13.2 Å². The fourth-order valence-corrected chi connectivity index (χ4v) is 5.92. The smallest absolute Gasteiger partial charge is 0.253 e. The standard InChI is InChI=1S/C19H27N3O3S/c23-19(21-12-9-16-7-8-17(14-21)20-16)15-5-4-6-18(13-15)26(24,25)22-10-2-1-3-11-22/h4-6,13,16-17,20H,1-3,7-12,14H2. The van der Waals surface area contributed by atoms with Gasteiger partial charge < -0.3 is 10.2 Å². The fourth-order valence-electron chi connectivity index (χ4n) is 4.35. The van der Waals surface area contributed by atoms with Crippen LogP contribution < -0.4 is 5.32 Å². The van der Waals surface area contributed by atoms with Gasteiger partial charge in [-0.2, -0.15) is 4.31 Å². The summed E-state index contributed by atoms with van der Waals surface area (Å²) in [7, 11) is -3.51. The molecule has 0 aromatic heterocycles. The Kier molecular flexibility index (Phi) is 5.03. The Labute approximate surface area is 155 Å². The maximum Gasteiger partial charge on any atom is 0.253 e. The number of piperidine rings is 1. The van der Waals surface area contributed by atoms with Crippen molar-refractivity contribution in [2.24, 2.45) is 0 Å². The number of hydrogen-bond acceptors (Lipinski definition) is 4. The molecule has 3 aliphatic rings. The summed E-state index contributed by atoms with van der Waals surface area (Å²) in [6.45, 7) is 2.58. The molecule has 26 heavy (non-hydrogen) atoms. The summed E-state index contributed by atoms with van der Waals surface area (Å²) in [5.41, 5.74) is 0.473. The van der Waals surface area contributed by atoms with Gasteiger partial charge in [-0.15, -0.1) is 0 Å². The van der Waals surface area contributed by atoms with Gasteiger partial charge >= 0.3 is 0 Å². The molecule has 3 heterocycles.